The fourth-order valence-electron chi connectivity index (χ4n) is 2.67. The molecule has 1 aromatic rings. The minimum absolute atomic E-state index is 0.000880. The Labute approximate surface area is 130 Å². The largest absolute Gasteiger partial charge is 0.469 e. The topological polar surface area (TPSA) is 63.7 Å². The van der Waals surface area contributed by atoms with Crippen molar-refractivity contribution >= 4 is 41.0 Å². The number of hydrogen-bond acceptors (Lipinski definition) is 4. The number of halogens is 2. The van der Waals surface area contributed by atoms with Gasteiger partial charge in [0, 0.05) is 12.5 Å². The number of benzene rings is 1. The zero-order chi connectivity index (χ0) is 15.4. The Morgan fingerprint density at radius 3 is 2.24 bits per heavy atom. The summed E-state index contributed by atoms with van der Waals surface area (Å²) >= 11 is 12.1. The van der Waals surface area contributed by atoms with Gasteiger partial charge in [-0.2, -0.15) is 0 Å². The van der Waals surface area contributed by atoms with E-state index in [1.165, 1.54) is 7.11 Å². The SMILES string of the molecule is COC(=O)C1C(CN2C(=O)c3ccccc3C2=O)C1(Cl)Cl. The maximum absolute atomic E-state index is 12.2. The third-order valence-electron chi connectivity index (χ3n) is 3.91. The second kappa shape index (κ2) is 4.71. The fourth-order valence-corrected chi connectivity index (χ4v) is 3.41. The van der Waals surface area contributed by atoms with Crippen LogP contribution in [0.4, 0.5) is 0 Å². The molecule has 3 rings (SSSR count). The van der Waals surface area contributed by atoms with Crippen LogP contribution in [0.1, 0.15) is 20.7 Å². The van der Waals surface area contributed by atoms with Crippen LogP contribution >= 0.6 is 23.2 Å². The van der Waals surface area contributed by atoms with Crippen molar-refractivity contribution in [3.05, 3.63) is 35.4 Å². The third-order valence-corrected chi connectivity index (χ3v) is 4.95. The van der Waals surface area contributed by atoms with E-state index < -0.39 is 34.0 Å². The summed E-state index contributed by atoms with van der Waals surface area (Å²) in [5.41, 5.74) is 0.708. The second-order valence-corrected chi connectivity index (χ2v) is 6.49. The number of hydrogen-bond donors (Lipinski definition) is 0. The molecule has 0 bridgehead atoms. The molecule has 0 saturated heterocycles. The number of ether oxygens (including phenoxy) is 1. The van der Waals surface area contributed by atoms with Gasteiger partial charge in [-0.25, -0.2) is 0 Å². The number of amides is 2. The highest BCUT2D eigenvalue weighted by Crippen LogP contribution is 2.60. The number of rotatable bonds is 3. The molecule has 7 heteroatoms. The van der Waals surface area contributed by atoms with E-state index in [9.17, 15) is 14.4 Å². The standard InChI is InChI=1S/C14H11Cl2NO4/c1-21-13(20)10-9(14(10,15)16)6-17-11(18)7-4-2-3-5-8(7)12(17)19/h2-5,9-10H,6H2,1H3. The van der Waals surface area contributed by atoms with Gasteiger partial charge in [-0.05, 0) is 12.1 Å². The van der Waals surface area contributed by atoms with Gasteiger partial charge in [0.15, 0.2) is 0 Å². The maximum atomic E-state index is 12.2. The molecule has 1 aliphatic carbocycles. The van der Waals surface area contributed by atoms with Gasteiger partial charge in [-0.1, -0.05) is 12.1 Å². The van der Waals surface area contributed by atoms with Crippen molar-refractivity contribution in [2.45, 2.75) is 4.33 Å². The van der Waals surface area contributed by atoms with Crippen LogP contribution in [0.15, 0.2) is 24.3 Å². The molecule has 0 radical (unpaired) electrons. The summed E-state index contributed by atoms with van der Waals surface area (Å²) in [4.78, 5) is 37.1. The summed E-state index contributed by atoms with van der Waals surface area (Å²) in [6.07, 6.45) is 0. The Balaban J connectivity index is 1.81. The number of methoxy groups -OCH3 is 1. The van der Waals surface area contributed by atoms with Crippen LogP contribution in [0.3, 0.4) is 0 Å². The number of alkyl halides is 2. The number of esters is 1. The molecule has 0 aromatic heterocycles. The summed E-state index contributed by atoms with van der Waals surface area (Å²) in [5.74, 6) is -2.57. The second-order valence-electron chi connectivity index (χ2n) is 5.05. The van der Waals surface area contributed by atoms with E-state index in [0.717, 1.165) is 4.90 Å². The Morgan fingerprint density at radius 2 is 1.76 bits per heavy atom. The first-order chi connectivity index (χ1) is 9.89. The van der Waals surface area contributed by atoms with Crippen LogP contribution in [0, 0.1) is 11.8 Å². The normalized spacial score (nSPS) is 25.8. The minimum Gasteiger partial charge on any atom is -0.469 e. The summed E-state index contributed by atoms with van der Waals surface area (Å²) in [6.45, 7) is -0.000880. The average Bonchev–Trinajstić information content (AvgIpc) is 2.93. The first-order valence-electron chi connectivity index (χ1n) is 6.30. The molecule has 0 spiro atoms. The van der Waals surface area contributed by atoms with Crippen LogP contribution in [0.5, 0.6) is 0 Å². The first kappa shape index (κ1) is 14.4. The number of imide groups is 1. The van der Waals surface area contributed by atoms with E-state index in [1.54, 1.807) is 24.3 Å². The van der Waals surface area contributed by atoms with Crippen molar-refractivity contribution in [3.63, 3.8) is 0 Å². The Morgan fingerprint density at radius 1 is 1.24 bits per heavy atom. The van der Waals surface area contributed by atoms with Crippen molar-refractivity contribution in [1.29, 1.82) is 0 Å². The summed E-state index contributed by atoms with van der Waals surface area (Å²) in [7, 11) is 1.24. The molecule has 1 aromatic carbocycles. The average molecular weight is 328 g/mol. The van der Waals surface area contributed by atoms with E-state index in [1.807, 2.05) is 0 Å². The molecule has 2 amide bonds. The van der Waals surface area contributed by atoms with Crippen LogP contribution in [0.25, 0.3) is 0 Å². The van der Waals surface area contributed by atoms with Crippen molar-refractivity contribution in [2.75, 3.05) is 13.7 Å². The first-order valence-corrected chi connectivity index (χ1v) is 7.06. The third kappa shape index (κ3) is 2.03. The monoisotopic (exact) mass is 327 g/mol. The van der Waals surface area contributed by atoms with Crippen molar-refractivity contribution in [1.82, 2.24) is 4.90 Å². The van der Waals surface area contributed by atoms with Gasteiger partial charge in [0.1, 0.15) is 4.33 Å². The van der Waals surface area contributed by atoms with Crippen molar-refractivity contribution in [2.24, 2.45) is 11.8 Å². The smallest absolute Gasteiger partial charge is 0.312 e. The highest BCUT2D eigenvalue weighted by Gasteiger charge is 2.68. The van der Waals surface area contributed by atoms with Crippen LogP contribution in [0.2, 0.25) is 0 Å². The lowest BCUT2D eigenvalue weighted by Crippen LogP contribution is -2.33. The highest BCUT2D eigenvalue weighted by atomic mass is 35.5. The van der Waals surface area contributed by atoms with Crippen LogP contribution < -0.4 is 0 Å². The molecule has 2 aliphatic rings. The molecule has 1 fully saturated rings. The predicted molar refractivity (Wildman–Crippen MR) is 75.2 cm³/mol. The molecule has 110 valence electrons. The van der Waals surface area contributed by atoms with Gasteiger partial charge in [0.2, 0.25) is 0 Å². The fraction of sp³-hybridized carbons (Fsp3) is 0.357. The zero-order valence-electron chi connectivity index (χ0n) is 11.0. The molecule has 21 heavy (non-hydrogen) atoms. The highest BCUT2D eigenvalue weighted by molar-refractivity contribution is 6.52. The summed E-state index contributed by atoms with van der Waals surface area (Å²) < 4.78 is 3.32. The van der Waals surface area contributed by atoms with Gasteiger partial charge in [-0.15, -0.1) is 23.2 Å². The maximum Gasteiger partial charge on any atom is 0.312 e. The molecule has 0 N–H and O–H groups in total. The summed E-state index contributed by atoms with van der Waals surface area (Å²) in [5, 5.41) is 0. The molecule has 2 atom stereocenters. The Kier molecular flexibility index (Phi) is 3.22. The quantitative estimate of drug-likeness (QED) is 0.483. The van der Waals surface area contributed by atoms with Crippen LogP contribution in [-0.4, -0.2) is 40.7 Å². The molecular formula is C14H11Cl2NO4. The van der Waals surface area contributed by atoms with Crippen LogP contribution in [-0.2, 0) is 9.53 Å². The van der Waals surface area contributed by atoms with Gasteiger partial charge >= 0.3 is 5.97 Å². The van der Waals surface area contributed by atoms with Crippen molar-refractivity contribution < 1.29 is 19.1 Å². The van der Waals surface area contributed by atoms with Crippen molar-refractivity contribution in [3.8, 4) is 0 Å². The molecule has 2 unspecified atom stereocenters. The van der Waals surface area contributed by atoms with E-state index in [2.05, 4.69) is 4.74 Å². The van der Waals surface area contributed by atoms with Gasteiger partial charge in [-0.3, -0.25) is 19.3 Å². The predicted octanol–water partition coefficient (Wildman–Crippen LogP) is 1.88. The number of carbonyl (C=O) groups is 3. The molecule has 5 nitrogen and oxygen atoms in total. The summed E-state index contributed by atoms with van der Waals surface area (Å²) in [6, 6.07) is 6.56. The van der Waals surface area contributed by atoms with E-state index in [-0.39, 0.29) is 6.54 Å². The number of nitrogens with zero attached hydrogens (tertiary/aromatic N) is 1. The van der Waals surface area contributed by atoms with Gasteiger partial charge in [0.05, 0.1) is 24.2 Å². The molecule has 1 saturated carbocycles. The Bertz CT molecular complexity index is 623. The number of carbonyl (C=O) groups excluding carboxylic acids is 3. The van der Waals surface area contributed by atoms with Gasteiger partial charge < -0.3 is 4.74 Å². The zero-order valence-corrected chi connectivity index (χ0v) is 12.5. The molecule has 1 aliphatic heterocycles. The van der Waals surface area contributed by atoms with E-state index in [4.69, 9.17) is 23.2 Å². The van der Waals surface area contributed by atoms with E-state index in [0.29, 0.717) is 11.1 Å². The Hall–Kier alpha value is -1.59. The van der Waals surface area contributed by atoms with E-state index >= 15 is 0 Å². The van der Waals surface area contributed by atoms with Gasteiger partial charge in [0.25, 0.3) is 11.8 Å². The number of fused-ring (bicyclic) bond motifs is 1. The minimum atomic E-state index is -1.30. The molecular weight excluding hydrogens is 317 g/mol. The lowest BCUT2D eigenvalue weighted by molar-refractivity contribution is -0.142. The lowest BCUT2D eigenvalue weighted by atomic mass is 10.1. The molecule has 1 heterocycles. The lowest BCUT2D eigenvalue weighted by Gasteiger charge is -2.13.